The molecular formula is C24H27N9. The molecule has 1 fully saturated rings. The first-order chi connectivity index (χ1) is 16.0. The van der Waals surface area contributed by atoms with E-state index in [1.54, 1.807) is 21.6 Å². The Morgan fingerprint density at radius 2 is 1.82 bits per heavy atom. The van der Waals surface area contributed by atoms with Gasteiger partial charge in [-0.2, -0.15) is 15.5 Å². The molecule has 4 aromatic heterocycles. The van der Waals surface area contributed by atoms with E-state index in [-0.39, 0.29) is 0 Å². The summed E-state index contributed by atoms with van der Waals surface area (Å²) >= 11 is 0. The van der Waals surface area contributed by atoms with Gasteiger partial charge in [-0.3, -0.25) is 9.58 Å². The molecule has 0 spiro atoms. The number of aryl methyl sites for hydroxylation is 1. The number of aromatic nitrogens is 6. The smallest absolute Gasteiger partial charge is 0.128 e. The van der Waals surface area contributed by atoms with Gasteiger partial charge < -0.3 is 4.90 Å². The molecule has 1 saturated heterocycles. The molecule has 0 atom stereocenters. The molecule has 33 heavy (non-hydrogen) atoms. The van der Waals surface area contributed by atoms with Crippen molar-refractivity contribution in [2.45, 2.75) is 13.8 Å². The third kappa shape index (κ3) is 4.17. The van der Waals surface area contributed by atoms with Gasteiger partial charge in [0.2, 0.25) is 0 Å². The zero-order valence-corrected chi connectivity index (χ0v) is 19.2. The molecule has 9 nitrogen and oxygen atoms in total. The van der Waals surface area contributed by atoms with Crippen LogP contribution in [-0.2, 0) is 7.05 Å². The molecular weight excluding hydrogens is 414 g/mol. The molecule has 0 aliphatic carbocycles. The maximum atomic E-state index is 9.61. The quantitative estimate of drug-likeness (QED) is 0.470. The third-order valence-corrected chi connectivity index (χ3v) is 5.96. The summed E-state index contributed by atoms with van der Waals surface area (Å²) in [5.41, 5.74) is 4.33. The van der Waals surface area contributed by atoms with Crippen molar-refractivity contribution in [3.8, 4) is 28.6 Å². The summed E-state index contributed by atoms with van der Waals surface area (Å²) in [6.07, 6.45) is 8.93. The Morgan fingerprint density at radius 3 is 2.45 bits per heavy atom. The number of piperazine rings is 1. The van der Waals surface area contributed by atoms with Crippen LogP contribution in [0.4, 0.5) is 5.82 Å². The average molecular weight is 442 g/mol. The van der Waals surface area contributed by atoms with E-state index in [0.717, 1.165) is 55.4 Å². The van der Waals surface area contributed by atoms with Gasteiger partial charge in [-0.15, -0.1) is 0 Å². The summed E-state index contributed by atoms with van der Waals surface area (Å²) < 4.78 is 3.45. The first-order valence-electron chi connectivity index (χ1n) is 11.2. The van der Waals surface area contributed by atoms with Crippen LogP contribution in [0.2, 0.25) is 0 Å². The number of rotatable bonds is 5. The van der Waals surface area contributed by atoms with Gasteiger partial charge in [-0.25, -0.2) is 14.5 Å². The fraction of sp³-hybridized carbons (Fsp3) is 0.375. The second kappa shape index (κ2) is 8.64. The number of anilines is 1. The monoisotopic (exact) mass is 441 g/mol. The Hall–Kier alpha value is -3.77. The van der Waals surface area contributed by atoms with Gasteiger partial charge in [0, 0.05) is 63.3 Å². The SMILES string of the molecule is CC(C)CN1CCN(c2ccc(-c3nc(-c4cnn(C)c4)cn4ncc(C#N)c34)cn2)CC1. The zero-order valence-electron chi connectivity index (χ0n) is 19.2. The maximum Gasteiger partial charge on any atom is 0.128 e. The highest BCUT2D eigenvalue weighted by atomic mass is 15.3. The molecule has 0 unspecified atom stereocenters. The van der Waals surface area contributed by atoms with Crippen molar-refractivity contribution in [3.05, 3.63) is 48.7 Å². The second-order valence-corrected chi connectivity index (χ2v) is 8.93. The molecule has 0 amide bonds. The van der Waals surface area contributed by atoms with E-state index in [9.17, 15) is 5.26 Å². The summed E-state index contributed by atoms with van der Waals surface area (Å²) in [5.74, 6) is 1.65. The van der Waals surface area contributed by atoms with E-state index in [2.05, 4.69) is 39.9 Å². The molecule has 1 aliphatic rings. The van der Waals surface area contributed by atoms with Crippen LogP contribution in [0.5, 0.6) is 0 Å². The van der Waals surface area contributed by atoms with Gasteiger partial charge in [-0.05, 0) is 18.1 Å². The Morgan fingerprint density at radius 1 is 1.00 bits per heavy atom. The topological polar surface area (TPSA) is 91.2 Å². The average Bonchev–Trinajstić information content (AvgIpc) is 3.44. The molecule has 0 bridgehead atoms. The van der Waals surface area contributed by atoms with Crippen LogP contribution in [-0.4, -0.2) is 67.0 Å². The fourth-order valence-electron chi connectivity index (χ4n) is 4.38. The predicted molar refractivity (Wildman–Crippen MR) is 127 cm³/mol. The van der Waals surface area contributed by atoms with Gasteiger partial charge in [0.25, 0.3) is 0 Å². The van der Waals surface area contributed by atoms with Crippen molar-refractivity contribution in [3.63, 3.8) is 0 Å². The van der Waals surface area contributed by atoms with Crippen molar-refractivity contribution in [1.82, 2.24) is 34.3 Å². The lowest BCUT2D eigenvalue weighted by Crippen LogP contribution is -2.47. The van der Waals surface area contributed by atoms with Crippen molar-refractivity contribution >= 4 is 11.3 Å². The summed E-state index contributed by atoms with van der Waals surface area (Å²) in [5, 5.41) is 18.2. The van der Waals surface area contributed by atoms with Crippen LogP contribution in [0.3, 0.4) is 0 Å². The van der Waals surface area contributed by atoms with Crippen molar-refractivity contribution in [1.29, 1.82) is 5.26 Å². The second-order valence-electron chi connectivity index (χ2n) is 8.93. The van der Waals surface area contributed by atoms with E-state index < -0.39 is 0 Å². The molecule has 5 rings (SSSR count). The number of nitriles is 1. The van der Waals surface area contributed by atoms with Gasteiger partial charge in [0.05, 0.1) is 30.0 Å². The number of hydrogen-bond acceptors (Lipinski definition) is 7. The summed E-state index contributed by atoms with van der Waals surface area (Å²) in [6, 6.07) is 6.31. The Balaban J connectivity index is 1.46. The van der Waals surface area contributed by atoms with E-state index in [1.807, 2.05) is 37.8 Å². The van der Waals surface area contributed by atoms with Crippen molar-refractivity contribution in [2.24, 2.45) is 13.0 Å². The molecule has 0 saturated carbocycles. The van der Waals surface area contributed by atoms with Crippen LogP contribution in [0, 0.1) is 17.2 Å². The lowest BCUT2D eigenvalue weighted by atomic mass is 10.1. The minimum atomic E-state index is 0.487. The first kappa shape index (κ1) is 21.1. The molecule has 168 valence electrons. The Labute approximate surface area is 192 Å². The standard InChI is InChI=1S/C24H27N9/c1-17(2)14-31-6-8-32(9-7-31)22-5-4-18(11-26-22)23-24-19(10-25)12-28-33(24)16-21(29-23)20-13-27-30(3)15-20/h4-5,11-13,15-17H,6-9,14H2,1-3H3. The normalized spacial score (nSPS) is 14.8. The zero-order chi connectivity index (χ0) is 22.9. The van der Waals surface area contributed by atoms with Crippen molar-refractivity contribution < 1.29 is 0 Å². The van der Waals surface area contributed by atoms with Crippen LogP contribution in [0.25, 0.3) is 28.0 Å². The molecule has 4 aromatic rings. The summed E-state index contributed by atoms with van der Waals surface area (Å²) in [7, 11) is 1.87. The lowest BCUT2D eigenvalue weighted by molar-refractivity contribution is 0.231. The van der Waals surface area contributed by atoms with Crippen LogP contribution in [0.15, 0.2) is 43.1 Å². The molecule has 5 heterocycles. The minimum Gasteiger partial charge on any atom is -0.354 e. The number of nitrogens with zero attached hydrogens (tertiary/aromatic N) is 9. The number of hydrogen-bond donors (Lipinski definition) is 0. The van der Waals surface area contributed by atoms with Gasteiger partial charge >= 0.3 is 0 Å². The lowest BCUT2D eigenvalue weighted by Gasteiger charge is -2.36. The fourth-order valence-corrected chi connectivity index (χ4v) is 4.38. The first-order valence-corrected chi connectivity index (χ1v) is 11.2. The summed E-state index contributed by atoms with van der Waals surface area (Å²) in [6.45, 7) is 9.72. The Bertz CT molecular complexity index is 1300. The highest BCUT2D eigenvalue weighted by molar-refractivity contribution is 5.83. The Kier molecular flexibility index (Phi) is 5.52. The van der Waals surface area contributed by atoms with Crippen LogP contribution >= 0.6 is 0 Å². The number of pyridine rings is 1. The van der Waals surface area contributed by atoms with Gasteiger partial charge in [0.1, 0.15) is 23.0 Å². The van der Waals surface area contributed by atoms with E-state index in [4.69, 9.17) is 9.97 Å². The van der Waals surface area contributed by atoms with Gasteiger partial charge in [0.15, 0.2) is 0 Å². The van der Waals surface area contributed by atoms with Crippen LogP contribution < -0.4 is 4.90 Å². The molecule has 0 radical (unpaired) electrons. The molecule has 1 aliphatic heterocycles. The predicted octanol–water partition coefficient (Wildman–Crippen LogP) is 2.84. The maximum absolute atomic E-state index is 9.61. The van der Waals surface area contributed by atoms with Gasteiger partial charge in [-0.1, -0.05) is 13.8 Å². The van der Waals surface area contributed by atoms with Crippen molar-refractivity contribution in [2.75, 3.05) is 37.6 Å². The highest BCUT2D eigenvalue weighted by Crippen LogP contribution is 2.29. The van der Waals surface area contributed by atoms with E-state index in [1.165, 1.54) is 0 Å². The minimum absolute atomic E-state index is 0.487. The molecule has 9 heteroatoms. The van der Waals surface area contributed by atoms with Crippen LogP contribution in [0.1, 0.15) is 19.4 Å². The summed E-state index contributed by atoms with van der Waals surface area (Å²) in [4.78, 5) is 14.5. The third-order valence-electron chi connectivity index (χ3n) is 5.96. The van der Waals surface area contributed by atoms with E-state index in [0.29, 0.717) is 22.7 Å². The number of fused-ring (bicyclic) bond motifs is 1. The largest absolute Gasteiger partial charge is 0.354 e. The molecule has 0 N–H and O–H groups in total. The van der Waals surface area contributed by atoms with E-state index >= 15 is 0 Å². The molecule has 0 aromatic carbocycles. The highest BCUT2D eigenvalue weighted by Gasteiger charge is 2.20.